The SMILES string of the molecule is CC(C)Oc1cc(N2CCCCC2C)ccc1N. The van der Waals surface area contributed by atoms with Crippen molar-refractivity contribution in [3.63, 3.8) is 0 Å². The molecule has 0 bridgehead atoms. The quantitative estimate of drug-likeness (QED) is 0.833. The number of hydrogen-bond acceptors (Lipinski definition) is 3. The monoisotopic (exact) mass is 248 g/mol. The molecule has 0 spiro atoms. The zero-order chi connectivity index (χ0) is 13.1. The molecule has 3 heteroatoms. The molecule has 3 nitrogen and oxygen atoms in total. The largest absolute Gasteiger partial charge is 0.489 e. The highest BCUT2D eigenvalue weighted by Crippen LogP contribution is 2.31. The van der Waals surface area contributed by atoms with E-state index in [1.807, 2.05) is 19.9 Å². The molecule has 2 rings (SSSR count). The summed E-state index contributed by atoms with van der Waals surface area (Å²) in [5.41, 5.74) is 7.91. The predicted octanol–water partition coefficient (Wildman–Crippen LogP) is 3.43. The van der Waals surface area contributed by atoms with Gasteiger partial charge in [0.25, 0.3) is 0 Å². The molecule has 100 valence electrons. The highest BCUT2D eigenvalue weighted by molar-refractivity contribution is 5.62. The van der Waals surface area contributed by atoms with Crippen LogP contribution in [0.3, 0.4) is 0 Å². The zero-order valence-corrected chi connectivity index (χ0v) is 11.6. The van der Waals surface area contributed by atoms with Gasteiger partial charge in [0.1, 0.15) is 5.75 Å². The molecule has 0 aromatic heterocycles. The molecule has 1 heterocycles. The topological polar surface area (TPSA) is 38.5 Å². The molecule has 0 amide bonds. The highest BCUT2D eigenvalue weighted by atomic mass is 16.5. The Balaban J connectivity index is 2.22. The standard InChI is InChI=1S/C15H24N2O/c1-11(2)18-15-10-13(7-8-14(15)16)17-9-5-4-6-12(17)3/h7-8,10-12H,4-6,9,16H2,1-3H3. The Morgan fingerprint density at radius 3 is 2.78 bits per heavy atom. The second kappa shape index (κ2) is 5.51. The van der Waals surface area contributed by atoms with Crippen molar-refractivity contribution in [1.29, 1.82) is 0 Å². The van der Waals surface area contributed by atoms with Crippen molar-refractivity contribution < 1.29 is 4.74 Å². The van der Waals surface area contributed by atoms with Crippen LogP contribution in [0.4, 0.5) is 11.4 Å². The maximum atomic E-state index is 5.96. The van der Waals surface area contributed by atoms with Gasteiger partial charge in [0.15, 0.2) is 0 Å². The molecule has 1 atom stereocenters. The average molecular weight is 248 g/mol. The molecule has 1 aromatic rings. The van der Waals surface area contributed by atoms with Crippen molar-refractivity contribution >= 4 is 11.4 Å². The Bertz CT molecular complexity index is 403. The van der Waals surface area contributed by atoms with Gasteiger partial charge in [-0.05, 0) is 52.2 Å². The van der Waals surface area contributed by atoms with Crippen LogP contribution in [0.25, 0.3) is 0 Å². The fourth-order valence-corrected chi connectivity index (χ4v) is 2.54. The van der Waals surface area contributed by atoms with Crippen LogP contribution in [-0.4, -0.2) is 18.7 Å². The maximum absolute atomic E-state index is 5.96. The lowest BCUT2D eigenvalue weighted by atomic mass is 10.0. The third-order valence-corrected chi connectivity index (χ3v) is 3.49. The summed E-state index contributed by atoms with van der Waals surface area (Å²) >= 11 is 0. The van der Waals surface area contributed by atoms with E-state index in [2.05, 4.69) is 24.0 Å². The number of nitrogens with zero attached hydrogens (tertiary/aromatic N) is 1. The molecule has 0 aliphatic carbocycles. The van der Waals surface area contributed by atoms with Crippen molar-refractivity contribution in [2.75, 3.05) is 17.2 Å². The highest BCUT2D eigenvalue weighted by Gasteiger charge is 2.19. The molecule has 1 saturated heterocycles. The summed E-state index contributed by atoms with van der Waals surface area (Å²) in [6.45, 7) is 7.47. The Morgan fingerprint density at radius 1 is 1.33 bits per heavy atom. The lowest BCUT2D eigenvalue weighted by Crippen LogP contribution is -2.37. The van der Waals surface area contributed by atoms with Crippen LogP contribution in [0.2, 0.25) is 0 Å². The zero-order valence-electron chi connectivity index (χ0n) is 11.6. The Hall–Kier alpha value is -1.38. The molecule has 2 N–H and O–H groups in total. The number of rotatable bonds is 3. The fourth-order valence-electron chi connectivity index (χ4n) is 2.54. The Kier molecular flexibility index (Phi) is 4.00. The van der Waals surface area contributed by atoms with Crippen molar-refractivity contribution in [2.45, 2.75) is 52.2 Å². The van der Waals surface area contributed by atoms with Crippen molar-refractivity contribution in [2.24, 2.45) is 0 Å². The molecule has 1 fully saturated rings. The van der Waals surface area contributed by atoms with E-state index < -0.39 is 0 Å². The van der Waals surface area contributed by atoms with Gasteiger partial charge in [-0.25, -0.2) is 0 Å². The van der Waals surface area contributed by atoms with Gasteiger partial charge in [0.2, 0.25) is 0 Å². The van der Waals surface area contributed by atoms with E-state index in [1.54, 1.807) is 0 Å². The lowest BCUT2D eigenvalue weighted by molar-refractivity contribution is 0.244. The molecular formula is C15H24N2O. The molecule has 1 aliphatic rings. The molecule has 0 saturated carbocycles. The molecule has 18 heavy (non-hydrogen) atoms. The van der Waals surface area contributed by atoms with Gasteiger partial charge >= 0.3 is 0 Å². The third-order valence-electron chi connectivity index (χ3n) is 3.49. The first-order chi connectivity index (χ1) is 8.58. The molecular weight excluding hydrogens is 224 g/mol. The summed E-state index contributed by atoms with van der Waals surface area (Å²) in [5.74, 6) is 0.806. The van der Waals surface area contributed by atoms with E-state index in [-0.39, 0.29) is 6.10 Å². The summed E-state index contributed by atoms with van der Waals surface area (Å²) in [6, 6.07) is 6.74. The summed E-state index contributed by atoms with van der Waals surface area (Å²) < 4.78 is 5.76. The van der Waals surface area contributed by atoms with Crippen molar-refractivity contribution in [1.82, 2.24) is 0 Å². The minimum Gasteiger partial charge on any atom is -0.489 e. The van der Waals surface area contributed by atoms with Crippen LogP contribution in [0.15, 0.2) is 18.2 Å². The van der Waals surface area contributed by atoms with Crippen LogP contribution in [0.1, 0.15) is 40.0 Å². The smallest absolute Gasteiger partial charge is 0.144 e. The minimum absolute atomic E-state index is 0.154. The van der Waals surface area contributed by atoms with E-state index in [1.165, 1.54) is 24.9 Å². The number of hydrogen-bond donors (Lipinski definition) is 1. The molecule has 0 radical (unpaired) electrons. The first kappa shape index (κ1) is 13.1. The van der Waals surface area contributed by atoms with E-state index in [4.69, 9.17) is 10.5 Å². The second-order valence-electron chi connectivity index (χ2n) is 5.43. The number of benzene rings is 1. The van der Waals surface area contributed by atoms with Crippen LogP contribution in [0.5, 0.6) is 5.75 Å². The van der Waals surface area contributed by atoms with Gasteiger partial charge in [-0.2, -0.15) is 0 Å². The predicted molar refractivity (Wildman–Crippen MR) is 77.3 cm³/mol. The van der Waals surface area contributed by atoms with Crippen molar-refractivity contribution in [3.8, 4) is 5.75 Å². The van der Waals surface area contributed by atoms with Crippen LogP contribution in [-0.2, 0) is 0 Å². The number of nitrogens with two attached hydrogens (primary N) is 1. The van der Waals surface area contributed by atoms with Gasteiger partial charge in [-0.15, -0.1) is 0 Å². The normalized spacial score (nSPS) is 20.2. The van der Waals surface area contributed by atoms with Gasteiger partial charge < -0.3 is 15.4 Å². The fraction of sp³-hybridized carbons (Fsp3) is 0.600. The summed E-state index contributed by atoms with van der Waals surface area (Å²) in [6.07, 6.45) is 4.03. The Morgan fingerprint density at radius 2 is 2.11 bits per heavy atom. The lowest BCUT2D eigenvalue weighted by Gasteiger charge is -2.35. The van der Waals surface area contributed by atoms with E-state index in [0.29, 0.717) is 6.04 Å². The number of ether oxygens (including phenoxy) is 1. The van der Waals surface area contributed by atoms with Gasteiger partial charge in [0, 0.05) is 24.3 Å². The van der Waals surface area contributed by atoms with Crippen LogP contribution < -0.4 is 15.4 Å². The molecule has 1 unspecified atom stereocenters. The third kappa shape index (κ3) is 2.89. The number of anilines is 2. The summed E-state index contributed by atoms with van der Waals surface area (Å²) in [5, 5.41) is 0. The van der Waals surface area contributed by atoms with Crippen LogP contribution >= 0.6 is 0 Å². The second-order valence-corrected chi connectivity index (χ2v) is 5.43. The Labute approximate surface area is 110 Å². The molecule has 1 aromatic carbocycles. The van der Waals surface area contributed by atoms with Gasteiger partial charge in [0.05, 0.1) is 11.8 Å². The van der Waals surface area contributed by atoms with Crippen molar-refractivity contribution in [3.05, 3.63) is 18.2 Å². The van der Waals surface area contributed by atoms with E-state index >= 15 is 0 Å². The van der Waals surface area contributed by atoms with Crippen LogP contribution in [0, 0.1) is 0 Å². The van der Waals surface area contributed by atoms with Gasteiger partial charge in [-0.3, -0.25) is 0 Å². The van der Waals surface area contributed by atoms with E-state index in [0.717, 1.165) is 18.0 Å². The minimum atomic E-state index is 0.154. The first-order valence-corrected chi connectivity index (χ1v) is 6.90. The van der Waals surface area contributed by atoms with Gasteiger partial charge in [-0.1, -0.05) is 0 Å². The van der Waals surface area contributed by atoms with E-state index in [9.17, 15) is 0 Å². The number of piperidine rings is 1. The maximum Gasteiger partial charge on any atom is 0.144 e. The summed E-state index contributed by atoms with van der Waals surface area (Å²) in [4.78, 5) is 2.45. The number of nitrogen functional groups attached to an aromatic ring is 1. The first-order valence-electron chi connectivity index (χ1n) is 6.90. The molecule has 1 aliphatic heterocycles. The summed E-state index contributed by atoms with van der Waals surface area (Å²) in [7, 11) is 0. The average Bonchev–Trinajstić information content (AvgIpc) is 2.32.